The summed E-state index contributed by atoms with van der Waals surface area (Å²) < 4.78 is 101. The van der Waals surface area contributed by atoms with Crippen LogP contribution in [0.5, 0.6) is 0 Å². The lowest BCUT2D eigenvalue weighted by Gasteiger charge is -2.14. The number of benzene rings is 3. The molecule has 0 bridgehead atoms. The van der Waals surface area contributed by atoms with Crippen LogP contribution in [0.15, 0.2) is 77.7 Å². The molecule has 3 rings (SSSR count). The van der Waals surface area contributed by atoms with Crippen molar-refractivity contribution in [3.8, 4) is 0 Å². The highest BCUT2D eigenvalue weighted by molar-refractivity contribution is 7.92. The van der Waals surface area contributed by atoms with Crippen LogP contribution in [-0.4, -0.2) is 13.3 Å². The van der Waals surface area contributed by atoms with Crippen molar-refractivity contribution in [1.29, 1.82) is 0 Å². The number of nitro groups is 1. The average molecular weight is 507 g/mol. The Bertz CT molecular complexity index is 1260. The third-order valence-corrected chi connectivity index (χ3v) is 5.48. The summed E-state index contributed by atoms with van der Waals surface area (Å²) in [6.45, 7) is 0. The molecule has 0 aromatic heterocycles. The maximum Gasteiger partial charge on any atom is 0.418 e. The van der Waals surface area contributed by atoms with Crippen molar-refractivity contribution in [3.63, 3.8) is 0 Å². The average Bonchev–Trinajstić information content (AvgIpc) is 2.73. The Labute approximate surface area is 189 Å². The number of nitrogens with zero attached hydrogens (tertiary/aromatic N) is 1. The van der Waals surface area contributed by atoms with Crippen LogP contribution in [0.2, 0.25) is 0 Å². The van der Waals surface area contributed by atoms with Gasteiger partial charge in [-0.1, -0.05) is 24.3 Å². The summed E-state index contributed by atoms with van der Waals surface area (Å²) in [5.74, 6) is 0. The van der Waals surface area contributed by atoms with Crippen molar-refractivity contribution in [3.05, 3.63) is 94.0 Å². The number of para-hydroxylation sites is 2. The van der Waals surface area contributed by atoms with E-state index >= 15 is 0 Å². The van der Waals surface area contributed by atoms with Crippen molar-refractivity contribution in [2.75, 3.05) is 10.5 Å². The second kappa shape index (κ2) is 9.99. The van der Waals surface area contributed by atoms with Gasteiger partial charge in [0.15, 0.2) is 0 Å². The minimum Gasteiger partial charge on any atom is -0.398 e. The standard InChI is InChI=1S/C13H9F3N2O4S.C7H6F3N/c14-13(15,16)11-3-1-2-4-12(11)17-23(21,22)10-7-5-9(6-8-10)18(19)20;8-7(9,10)5-3-1-2-4-6(5)11/h1-8,17H;1-4H,11H2. The quantitative estimate of drug-likeness (QED) is 0.203. The molecule has 34 heavy (non-hydrogen) atoms. The van der Waals surface area contributed by atoms with E-state index in [9.17, 15) is 44.9 Å². The van der Waals surface area contributed by atoms with Crippen molar-refractivity contribution in [1.82, 2.24) is 0 Å². The van der Waals surface area contributed by atoms with Gasteiger partial charge in [-0.15, -0.1) is 0 Å². The van der Waals surface area contributed by atoms with Crippen molar-refractivity contribution in [2.24, 2.45) is 0 Å². The number of rotatable bonds is 4. The Balaban J connectivity index is 0.000000310. The zero-order valence-corrected chi connectivity index (χ0v) is 17.6. The van der Waals surface area contributed by atoms with Crippen LogP contribution in [0, 0.1) is 10.1 Å². The summed E-state index contributed by atoms with van der Waals surface area (Å²) in [7, 11) is -4.31. The van der Waals surface area contributed by atoms with E-state index in [-0.39, 0.29) is 16.3 Å². The SMILES string of the molecule is Nc1ccccc1C(F)(F)F.O=[N+]([O-])c1ccc(S(=O)(=O)Nc2ccccc2C(F)(F)F)cc1. The van der Waals surface area contributed by atoms with Gasteiger partial charge in [-0.05, 0) is 36.4 Å². The molecule has 3 N–H and O–H groups in total. The fourth-order valence-corrected chi connectivity index (χ4v) is 3.60. The van der Waals surface area contributed by atoms with Crippen molar-refractivity contribution >= 4 is 27.1 Å². The second-order valence-corrected chi connectivity index (χ2v) is 8.17. The first kappa shape index (κ1) is 26.4. The van der Waals surface area contributed by atoms with Crippen LogP contribution in [0.4, 0.5) is 43.4 Å². The predicted molar refractivity (Wildman–Crippen MR) is 111 cm³/mol. The van der Waals surface area contributed by atoms with Crippen molar-refractivity contribution < 1.29 is 39.7 Å². The lowest BCUT2D eigenvalue weighted by atomic mass is 10.2. The van der Waals surface area contributed by atoms with E-state index < -0.39 is 44.1 Å². The first-order valence-corrected chi connectivity index (χ1v) is 10.5. The molecule has 0 aliphatic heterocycles. The largest absolute Gasteiger partial charge is 0.418 e. The van der Waals surface area contributed by atoms with E-state index in [1.54, 1.807) is 0 Å². The van der Waals surface area contributed by atoms with Crippen LogP contribution in [0.25, 0.3) is 0 Å². The number of hydrogen-bond acceptors (Lipinski definition) is 5. The lowest BCUT2D eigenvalue weighted by molar-refractivity contribution is -0.384. The van der Waals surface area contributed by atoms with Gasteiger partial charge in [0, 0.05) is 17.8 Å². The molecule has 14 heteroatoms. The number of sulfonamides is 1. The Kier molecular flexibility index (Phi) is 7.77. The molecular formula is C20H15F6N3O4S. The van der Waals surface area contributed by atoms with Crippen LogP contribution in [0.3, 0.4) is 0 Å². The Morgan fingerprint density at radius 1 is 0.765 bits per heavy atom. The van der Waals surface area contributed by atoms with Gasteiger partial charge < -0.3 is 5.73 Å². The summed E-state index contributed by atoms with van der Waals surface area (Å²) in [5.41, 5.74) is 1.98. The van der Waals surface area contributed by atoms with Gasteiger partial charge in [-0.2, -0.15) is 26.3 Å². The minimum absolute atomic E-state index is 0.236. The number of non-ortho nitro benzene ring substituents is 1. The second-order valence-electron chi connectivity index (χ2n) is 6.48. The van der Waals surface area contributed by atoms with Crippen LogP contribution in [0.1, 0.15) is 11.1 Å². The molecule has 3 aromatic carbocycles. The van der Waals surface area contributed by atoms with Gasteiger partial charge in [0.25, 0.3) is 15.7 Å². The maximum atomic E-state index is 12.9. The molecule has 3 aromatic rings. The summed E-state index contributed by atoms with van der Waals surface area (Å²) >= 11 is 0. The topological polar surface area (TPSA) is 115 Å². The number of alkyl halides is 6. The van der Waals surface area contributed by atoms with Gasteiger partial charge in [0.1, 0.15) is 0 Å². The third-order valence-electron chi connectivity index (χ3n) is 4.10. The lowest BCUT2D eigenvalue weighted by Crippen LogP contribution is -2.17. The molecule has 0 aliphatic rings. The highest BCUT2D eigenvalue weighted by atomic mass is 32.2. The highest BCUT2D eigenvalue weighted by Gasteiger charge is 2.34. The normalized spacial score (nSPS) is 11.8. The van der Waals surface area contributed by atoms with Gasteiger partial charge in [-0.3, -0.25) is 14.8 Å². The molecule has 0 saturated heterocycles. The molecule has 7 nitrogen and oxygen atoms in total. The predicted octanol–water partition coefficient (Wildman–Crippen LogP) is 5.70. The van der Waals surface area contributed by atoms with E-state index in [0.717, 1.165) is 48.5 Å². The van der Waals surface area contributed by atoms with Crippen molar-refractivity contribution in [2.45, 2.75) is 17.2 Å². The van der Waals surface area contributed by atoms with E-state index in [4.69, 9.17) is 5.73 Å². The molecular weight excluding hydrogens is 492 g/mol. The van der Waals surface area contributed by atoms with E-state index in [1.165, 1.54) is 24.3 Å². The fraction of sp³-hybridized carbons (Fsp3) is 0.100. The smallest absolute Gasteiger partial charge is 0.398 e. The zero-order chi connectivity index (χ0) is 25.7. The van der Waals surface area contributed by atoms with Crippen LogP contribution in [-0.2, 0) is 22.4 Å². The molecule has 0 amide bonds. The molecule has 182 valence electrons. The number of hydrogen-bond donors (Lipinski definition) is 2. The number of nitrogens with one attached hydrogen (secondary N) is 1. The fourth-order valence-electron chi connectivity index (χ4n) is 2.53. The Morgan fingerprint density at radius 2 is 1.24 bits per heavy atom. The van der Waals surface area contributed by atoms with Gasteiger partial charge in [-0.25, -0.2) is 8.42 Å². The molecule has 0 radical (unpaired) electrons. The number of nitrogens with two attached hydrogens (primary N) is 1. The first-order chi connectivity index (χ1) is 15.6. The number of halogens is 6. The van der Waals surface area contributed by atoms with Crippen LogP contribution < -0.4 is 10.5 Å². The van der Waals surface area contributed by atoms with Gasteiger partial charge in [0.05, 0.1) is 26.6 Å². The van der Waals surface area contributed by atoms with Gasteiger partial charge in [0.2, 0.25) is 0 Å². The van der Waals surface area contributed by atoms with Gasteiger partial charge >= 0.3 is 12.4 Å². The molecule has 0 atom stereocenters. The molecule has 0 saturated carbocycles. The summed E-state index contributed by atoms with van der Waals surface area (Å²) in [5, 5.41) is 10.5. The van der Waals surface area contributed by atoms with Crippen LogP contribution >= 0.6 is 0 Å². The number of anilines is 2. The number of nitrogen functional groups attached to an aromatic ring is 1. The highest BCUT2D eigenvalue weighted by Crippen LogP contribution is 2.35. The molecule has 0 spiro atoms. The summed E-state index contributed by atoms with van der Waals surface area (Å²) in [6, 6.07) is 12.8. The monoisotopic (exact) mass is 507 g/mol. The Hall–Kier alpha value is -3.81. The molecule has 0 unspecified atom stereocenters. The van der Waals surface area contributed by atoms with E-state index in [0.29, 0.717) is 0 Å². The summed E-state index contributed by atoms with van der Waals surface area (Å²) in [4.78, 5) is 9.42. The zero-order valence-electron chi connectivity index (χ0n) is 16.8. The molecule has 0 heterocycles. The first-order valence-electron chi connectivity index (χ1n) is 8.98. The Morgan fingerprint density at radius 3 is 1.68 bits per heavy atom. The number of nitro benzene ring substituents is 1. The maximum absolute atomic E-state index is 12.9. The molecule has 0 aliphatic carbocycles. The van der Waals surface area contributed by atoms with E-state index in [2.05, 4.69) is 0 Å². The minimum atomic E-state index is -4.73. The molecule has 0 fully saturated rings. The third kappa shape index (κ3) is 6.84. The summed E-state index contributed by atoms with van der Waals surface area (Å²) in [6.07, 6.45) is -9.07. The van der Waals surface area contributed by atoms with E-state index in [1.807, 2.05) is 4.72 Å².